The number of aromatic nitrogens is 6. The van der Waals surface area contributed by atoms with Gasteiger partial charge in [-0.1, -0.05) is 101 Å². The number of aromatic amines is 2. The zero-order valence-corrected chi connectivity index (χ0v) is 48.2. The summed E-state index contributed by atoms with van der Waals surface area (Å²) in [6.07, 6.45) is 21.9. The van der Waals surface area contributed by atoms with Gasteiger partial charge in [-0.15, -0.1) is 0 Å². The van der Waals surface area contributed by atoms with Gasteiger partial charge in [-0.05, 0) is 145 Å². The number of rotatable bonds is 16. The summed E-state index contributed by atoms with van der Waals surface area (Å²) in [6, 6.07) is 16.8. The topological polar surface area (TPSA) is 241 Å². The first-order valence-corrected chi connectivity index (χ1v) is 29.2. The smallest absolute Gasteiger partial charge is 0.244 e. The number of nitrogens with one attached hydrogen (secondary N) is 7. The lowest BCUT2D eigenvalue weighted by Gasteiger charge is -2.69. The van der Waals surface area contributed by atoms with E-state index in [0.29, 0.717) is 33.3 Å². The summed E-state index contributed by atoms with van der Waals surface area (Å²) in [4.78, 5) is 74.1. The molecule has 0 unspecified atom stereocenters. The van der Waals surface area contributed by atoms with E-state index < -0.39 is 5.24 Å². The lowest BCUT2D eigenvalue weighted by atomic mass is 9.39. The van der Waals surface area contributed by atoms with E-state index in [-0.39, 0.29) is 71.2 Å². The van der Waals surface area contributed by atoms with Crippen LogP contribution in [0.5, 0.6) is 0 Å². The molecule has 14 rings (SSSR count). The third-order valence-corrected chi connectivity index (χ3v) is 17.7. The summed E-state index contributed by atoms with van der Waals surface area (Å²) in [5.74, 6) is 1.25. The van der Waals surface area contributed by atoms with Gasteiger partial charge in [0, 0.05) is 80.6 Å². The van der Waals surface area contributed by atoms with E-state index in [9.17, 15) is 19.2 Å². The van der Waals surface area contributed by atoms with Gasteiger partial charge in [-0.25, -0.2) is 19.9 Å². The largest absolute Gasteiger partial charge is 0.360 e. The van der Waals surface area contributed by atoms with E-state index in [4.69, 9.17) is 50.5 Å². The third kappa shape index (κ3) is 13.6. The molecule has 8 saturated carbocycles. The van der Waals surface area contributed by atoms with Gasteiger partial charge in [-0.2, -0.15) is 0 Å². The van der Waals surface area contributed by atoms with Crippen molar-refractivity contribution in [3.63, 3.8) is 0 Å². The van der Waals surface area contributed by atoms with Crippen LogP contribution in [-0.2, 0) is 19.2 Å². The maximum Gasteiger partial charge on any atom is 0.244 e. The number of allylic oxidation sites excluding steroid dienone is 1. The highest BCUT2D eigenvalue weighted by atomic mass is 35.5. The molecule has 0 aliphatic heterocycles. The van der Waals surface area contributed by atoms with Gasteiger partial charge >= 0.3 is 0 Å². The first-order chi connectivity index (χ1) is 38.4. The van der Waals surface area contributed by atoms with Gasteiger partial charge < -0.3 is 47.2 Å². The SMILES string of the molecule is C.C=CC(=O)Cl.C=CC(=O)NC12CC(C(=O)N[C@H]3CCC[C@@H](Nc4ncc(Cl)c(-c5c[nH]c6ccccc56)n4)C3)(C1)C2.CCN(CC)CC.NC12CC(C(=O)N[C@H]3CCC[C@@H](Nc4ncc(Cl)c(-c5c[nH]c6ccccc56)n4)C3)(C1)C2. The van der Waals surface area contributed by atoms with Gasteiger partial charge in [-0.3, -0.25) is 19.2 Å². The molecule has 81 heavy (non-hydrogen) atoms. The Bertz CT molecular complexity index is 3200. The summed E-state index contributed by atoms with van der Waals surface area (Å²) in [5, 5.41) is 19.2. The minimum Gasteiger partial charge on any atom is -0.360 e. The van der Waals surface area contributed by atoms with Crippen LogP contribution >= 0.6 is 34.8 Å². The van der Waals surface area contributed by atoms with E-state index in [1.807, 2.05) is 54.9 Å². The quantitative estimate of drug-likeness (QED) is 0.0333. The summed E-state index contributed by atoms with van der Waals surface area (Å²) in [5.41, 5.74) is 10.7. The number of hydrogen-bond acceptors (Lipinski definition) is 12. The zero-order valence-electron chi connectivity index (χ0n) is 45.9. The zero-order chi connectivity index (χ0) is 56.8. The average Bonchev–Trinajstić information content (AvgIpc) is 4.23. The molecule has 4 atom stereocenters. The Morgan fingerprint density at radius 2 is 1.07 bits per heavy atom. The fraction of sp³-hybridized carbons (Fsp3) is 0.475. The van der Waals surface area contributed by atoms with Crippen LogP contribution in [0, 0.1) is 10.8 Å². The minimum atomic E-state index is -0.509. The molecule has 8 aliphatic carbocycles. The van der Waals surface area contributed by atoms with Crippen molar-refractivity contribution in [1.29, 1.82) is 0 Å². The molecule has 2 aromatic carbocycles. The number of carbonyl (C=O) groups is 4. The fourth-order valence-corrected chi connectivity index (χ4v) is 13.4. The third-order valence-electron chi connectivity index (χ3n) is 17.0. The fourth-order valence-electron chi connectivity index (χ4n) is 13.0. The molecule has 0 saturated heterocycles. The van der Waals surface area contributed by atoms with Crippen LogP contribution in [-0.4, -0.2) is 113 Å². The second kappa shape index (κ2) is 25.8. The lowest BCUT2D eigenvalue weighted by molar-refractivity contribution is -0.183. The van der Waals surface area contributed by atoms with Crippen molar-refractivity contribution >= 4 is 91.5 Å². The molecular weight excluding hydrogens is 1090 g/mol. The molecule has 17 nitrogen and oxygen atoms in total. The molecule has 20 heteroatoms. The van der Waals surface area contributed by atoms with Gasteiger partial charge in [0.1, 0.15) is 0 Å². The van der Waals surface area contributed by atoms with Crippen LogP contribution in [0.25, 0.3) is 44.3 Å². The van der Waals surface area contributed by atoms with E-state index >= 15 is 0 Å². The van der Waals surface area contributed by atoms with Crippen molar-refractivity contribution in [1.82, 2.24) is 50.8 Å². The number of carbonyl (C=O) groups excluding carboxylic acids is 4. The Balaban J connectivity index is 0.000000176. The Labute approximate surface area is 490 Å². The van der Waals surface area contributed by atoms with E-state index in [2.05, 4.69) is 91.4 Å². The highest BCUT2D eigenvalue weighted by molar-refractivity contribution is 6.66. The van der Waals surface area contributed by atoms with Gasteiger partial charge in [0.25, 0.3) is 0 Å². The number of anilines is 2. The Hall–Kier alpha value is -6.37. The second-order valence-corrected chi connectivity index (χ2v) is 23.9. The van der Waals surface area contributed by atoms with Crippen molar-refractivity contribution in [2.45, 2.75) is 153 Å². The molecule has 0 radical (unpaired) electrons. The standard InChI is InChI=1S/C27H29ClN6O2.C24H27ClN6O.C6H15N.C3H3ClO.CH4/c1-2-22(35)34-27-13-26(14-27,15-27)24(36)31-16-6-5-7-17(10-16)32-25-30-12-20(28)23(33-25)19-11-29-21-9-4-3-8-18(19)21;25-18-10-28-22(31-20(18)17-9-27-19-7-2-1-6-16(17)19)30-15-5-3-4-14(8-15)29-21(32)23-11-24(26,12-23)13-23;1-4-7(5-2)6-3;1-2-3(4)5;/h2-4,8-9,11-12,16-17,29H,1,5-7,10,13-15H2,(H,31,36)(H,34,35)(H,30,32,33);1-2,6-7,9-10,14-15,27H,3-5,8,11-13,26H2,(H,29,32)(H,28,30,31);4-6H2,1-3H3;2H,1H2;1H4/t16-,17+,26?,27?;14-,15+,23?,24?;;;/m00.../s1. The number of hydrogen-bond donors (Lipinski definition) is 8. The Morgan fingerprint density at radius 3 is 1.46 bits per heavy atom. The summed E-state index contributed by atoms with van der Waals surface area (Å²) < 4.78 is 0. The number of halogens is 3. The number of para-hydroxylation sites is 2. The van der Waals surface area contributed by atoms with Crippen LogP contribution in [0.4, 0.5) is 11.9 Å². The number of amides is 3. The molecule has 0 spiro atoms. The molecule has 4 bridgehead atoms. The number of nitrogens with zero attached hydrogens (tertiary/aromatic N) is 5. The molecule has 9 N–H and O–H groups in total. The molecule has 8 fully saturated rings. The molecule has 432 valence electrons. The molecule has 8 aliphatic rings. The molecule has 4 aromatic heterocycles. The highest BCUT2D eigenvalue weighted by Crippen LogP contribution is 2.67. The lowest BCUT2D eigenvalue weighted by Crippen LogP contribution is -2.78. The molecule has 6 aromatic rings. The van der Waals surface area contributed by atoms with Crippen molar-refractivity contribution in [3.05, 3.63) is 109 Å². The van der Waals surface area contributed by atoms with Crippen molar-refractivity contribution in [3.8, 4) is 22.5 Å². The summed E-state index contributed by atoms with van der Waals surface area (Å²) in [6.45, 7) is 16.7. The van der Waals surface area contributed by atoms with Crippen LogP contribution in [0.1, 0.15) is 118 Å². The van der Waals surface area contributed by atoms with Crippen LogP contribution in [0.2, 0.25) is 10.0 Å². The van der Waals surface area contributed by atoms with Crippen molar-refractivity contribution < 1.29 is 19.2 Å². The number of H-pyrrole nitrogens is 2. The van der Waals surface area contributed by atoms with Crippen LogP contribution in [0.3, 0.4) is 0 Å². The number of fused-ring (bicyclic) bond motifs is 2. The van der Waals surface area contributed by atoms with E-state index in [1.54, 1.807) is 12.4 Å². The average molecular weight is 1160 g/mol. The van der Waals surface area contributed by atoms with Gasteiger partial charge in [0.15, 0.2) is 0 Å². The maximum atomic E-state index is 13.0. The minimum absolute atomic E-state index is 0. The molecule has 3 amide bonds. The van der Waals surface area contributed by atoms with E-state index in [0.717, 1.165) is 129 Å². The molecular formula is C61H78Cl3N13O4. The Kier molecular flexibility index (Phi) is 19.4. The summed E-state index contributed by atoms with van der Waals surface area (Å²) in [7, 11) is 0. The maximum absolute atomic E-state index is 13.0. The molecule has 4 heterocycles. The van der Waals surface area contributed by atoms with Crippen molar-refractivity contribution in [2.75, 3.05) is 30.3 Å². The predicted octanol–water partition coefficient (Wildman–Crippen LogP) is 11.3. The Morgan fingerprint density at radius 1 is 0.667 bits per heavy atom. The van der Waals surface area contributed by atoms with Gasteiger partial charge in [0.2, 0.25) is 34.9 Å². The van der Waals surface area contributed by atoms with Crippen LogP contribution < -0.4 is 32.3 Å². The van der Waals surface area contributed by atoms with Crippen molar-refractivity contribution in [2.24, 2.45) is 16.6 Å². The van der Waals surface area contributed by atoms with E-state index in [1.165, 1.54) is 25.7 Å². The highest BCUT2D eigenvalue weighted by Gasteiger charge is 2.72. The normalized spacial score (nSPS) is 26.2. The predicted molar refractivity (Wildman–Crippen MR) is 326 cm³/mol. The first-order valence-electron chi connectivity index (χ1n) is 28.0. The first kappa shape index (κ1) is 60.7. The van der Waals surface area contributed by atoms with Gasteiger partial charge in [0.05, 0.1) is 44.7 Å². The monoisotopic (exact) mass is 1160 g/mol. The summed E-state index contributed by atoms with van der Waals surface area (Å²) >= 11 is 17.6. The number of nitrogens with two attached hydrogens (primary N) is 1. The second-order valence-electron chi connectivity index (χ2n) is 22.7. The van der Waals surface area contributed by atoms with Crippen LogP contribution in [0.15, 0.2) is 98.6 Å². The number of benzene rings is 2.